The van der Waals surface area contributed by atoms with Crippen LogP contribution in [-0.2, 0) is 0 Å². The lowest BCUT2D eigenvalue weighted by molar-refractivity contribution is -0.0623. The zero-order chi connectivity index (χ0) is 14.8. The van der Waals surface area contributed by atoms with Crippen LogP contribution in [0.15, 0.2) is 18.2 Å². The molecule has 21 heavy (non-hydrogen) atoms. The minimum absolute atomic E-state index is 0.315. The number of aryl methyl sites for hydroxylation is 1. The van der Waals surface area contributed by atoms with Crippen molar-refractivity contribution in [3.63, 3.8) is 0 Å². The van der Waals surface area contributed by atoms with E-state index in [2.05, 4.69) is 15.2 Å². The van der Waals surface area contributed by atoms with Crippen LogP contribution >= 0.6 is 11.3 Å². The van der Waals surface area contributed by atoms with Gasteiger partial charge in [0, 0.05) is 32.2 Å². The number of aromatic nitrogens is 1. The molecular formula is C15H21N3O2S. The van der Waals surface area contributed by atoms with Crippen LogP contribution in [0.25, 0.3) is 10.2 Å². The van der Waals surface area contributed by atoms with Crippen molar-refractivity contribution in [2.75, 3.05) is 26.2 Å². The molecule has 0 amide bonds. The number of aliphatic hydroxyl groups is 1. The Kier molecular flexibility index (Phi) is 4.40. The number of fused-ring (bicyclic) bond motifs is 1. The molecule has 1 aromatic carbocycles. The summed E-state index contributed by atoms with van der Waals surface area (Å²) in [4.78, 5) is 6.67. The number of rotatable bonds is 4. The van der Waals surface area contributed by atoms with E-state index in [1.165, 1.54) is 0 Å². The second kappa shape index (κ2) is 6.27. The average molecular weight is 307 g/mol. The molecule has 0 spiro atoms. The van der Waals surface area contributed by atoms with Crippen molar-refractivity contribution in [2.24, 2.45) is 0 Å². The molecule has 1 fully saturated rings. The SMILES string of the molecule is Cc1nc2cc(OC(C(C)O)N3CCNCC3)ccc2s1. The summed E-state index contributed by atoms with van der Waals surface area (Å²) in [6, 6.07) is 5.94. The zero-order valence-electron chi connectivity index (χ0n) is 12.4. The van der Waals surface area contributed by atoms with Crippen LogP contribution in [0.1, 0.15) is 11.9 Å². The molecule has 2 N–H and O–H groups in total. The third-order valence-corrected chi connectivity index (χ3v) is 4.60. The standard InChI is InChI=1S/C15H21N3O2S/c1-10(19)15(18-7-5-16-6-8-18)20-12-3-4-14-13(9-12)17-11(2)21-14/h3-4,9-10,15-16,19H,5-8H2,1-2H3. The molecule has 3 rings (SSSR count). The van der Waals surface area contributed by atoms with E-state index >= 15 is 0 Å². The maximum Gasteiger partial charge on any atom is 0.178 e. The van der Waals surface area contributed by atoms with Gasteiger partial charge in [-0.05, 0) is 26.0 Å². The van der Waals surface area contributed by atoms with Crippen LogP contribution in [0.5, 0.6) is 5.75 Å². The third-order valence-electron chi connectivity index (χ3n) is 3.65. The molecule has 2 unspecified atom stereocenters. The van der Waals surface area contributed by atoms with Gasteiger partial charge < -0.3 is 15.2 Å². The average Bonchev–Trinajstić information content (AvgIpc) is 2.84. The largest absolute Gasteiger partial charge is 0.472 e. The number of ether oxygens (including phenoxy) is 1. The zero-order valence-corrected chi connectivity index (χ0v) is 13.2. The van der Waals surface area contributed by atoms with E-state index in [1.807, 2.05) is 25.1 Å². The number of nitrogens with one attached hydrogen (secondary N) is 1. The van der Waals surface area contributed by atoms with E-state index in [0.717, 1.165) is 47.2 Å². The lowest BCUT2D eigenvalue weighted by Crippen LogP contribution is -2.54. The second-order valence-electron chi connectivity index (χ2n) is 5.40. The summed E-state index contributed by atoms with van der Waals surface area (Å²) < 4.78 is 7.21. The quantitative estimate of drug-likeness (QED) is 0.898. The van der Waals surface area contributed by atoms with E-state index in [-0.39, 0.29) is 6.23 Å². The van der Waals surface area contributed by atoms with Crippen LogP contribution in [0.4, 0.5) is 0 Å². The molecule has 5 nitrogen and oxygen atoms in total. The van der Waals surface area contributed by atoms with Gasteiger partial charge >= 0.3 is 0 Å². The predicted octanol–water partition coefficient (Wildman–Crippen LogP) is 1.60. The monoisotopic (exact) mass is 307 g/mol. The second-order valence-corrected chi connectivity index (χ2v) is 6.63. The highest BCUT2D eigenvalue weighted by molar-refractivity contribution is 7.18. The molecule has 1 aromatic heterocycles. The Morgan fingerprint density at radius 2 is 2.14 bits per heavy atom. The van der Waals surface area contributed by atoms with E-state index in [1.54, 1.807) is 18.3 Å². The highest BCUT2D eigenvalue weighted by atomic mass is 32.1. The Hall–Kier alpha value is -1.21. The number of piperazine rings is 1. The summed E-state index contributed by atoms with van der Waals surface area (Å²) in [7, 11) is 0. The number of aliphatic hydroxyl groups excluding tert-OH is 1. The van der Waals surface area contributed by atoms with Crippen molar-refractivity contribution in [3.8, 4) is 5.75 Å². The Balaban J connectivity index is 1.79. The molecule has 1 aliphatic heterocycles. The van der Waals surface area contributed by atoms with Gasteiger partial charge in [-0.1, -0.05) is 0 Å². The van der Waals surface area contributed by atoms with Gasteiger partial charge in [0.15, 0.2) is 6.23 Å². The van der Waals surface area contributed by atoms with Crippen molar-refractivity contribution in [1.82, 2.24) is 15.2 Å². The summed E-state index contributed by atoms with van der Waals surface area (Å²) in [5, 5.41) is 14.4. The smallest absolute Gasteiger partial charge is 0.178 e. The molecule has 1 aliphatic rings. The maximum atomic E-state index is 10.0. The molecular weight excluding hydrogens is 286 g/mol. The molecule has 2 atom stereocenters. The van der Waals surface area contributed by atoms with Crippen molar-refractivity contribution in [1.29, 1.82) is 0 Å². The fourth-order valence-corrected chi connectivity index (χ4v) is 3.46. The van der Waals surface area contributed by atoms with E-state index < -0.39 is 6.10 Å². The van der Waals surface area contributed by atoms with Gasteiger partial charge in [-0.15, -0.1) is 11.3 Å². The molecule has 0 radical (unpaired) electrons. The first-order valence-corrected chi connectivity index (χ1v) is 8.12. The van der Waals surface area contributed by atoms with Gasteiger partial charge in [0.05, 0.1) is 15.2 Å². The first-order chi connectivity index (χ1) is 10.1. The fourth-order valence-electron chi connectivity index (χ4n) is 2.65. The molecule has 2 aromatic rings. The summed E-state index contributed by atoms with van der Waals surface area (Å²) in [6.45, 7) is 7.40. The van der Waals surface area contributed by atoms with Crippen LogP contribution in [0, 0.1) is 6.92 Å². The Morgan fingerprint density at radius 1 is 1.38 bits per heavy atom. The number of benzene rings is 1. The van der Waals surface area contributed by atoms with E-state index in [9.17, 15) is 5.11 Å². The number of thiazole rings is 1. The number of nitrogens with zero attached hydrogens (tertiary/aromatic N) is 2. The first-order valence-electron chi connectivity index (χ1n) is 7.30. The summed E-state index contributed by atoms with van der Waals surface area (Å²) in [5.74, 6) is 0.761. The maximum absolute atomic E-state index is 10.0. The molecule has 2 heterocycles. The lowest BCUT2D eigenvalue weighted by Gasteiger charge is -2.36. The Morgan fingerprint density at radius 3 is 2.86 bits per heavy atom. The van der Waals surface area contributed by atoms with Gasteiger partial charge in [0.1, 0.15) is 11.9 Å². The Labute approximate surface area is 128 Å². The molecule has 6 heteroatoms. The highest BCUT2D eigenvalue weighted by Gasteiger charge is 2.26. The Bertz CT molecular complexity index is 608. The normalized spacial score (nSPS) is 19.6. The topological polar surface area (TPSA) is 57.6 Å². The molecule has 0 saturated carbocycles. The highest BCUT2D eigenvalue weighted by Crippen LogP contribution is 2.26. The van der Waals surface area contributed by atoms with Gasteiger partial charge in [0.2, 0.25) is 0 Å². The van der Waals surface area contributed by atoms with Gasteiger partial charge in [-0.25, -0.2) is 4.98 Å². The number of hydrogen-bond acceptors (Lipinski definition) is 6. The van der Waals surface area contributed by atoms with Crippen LogP contribution in [0.2, 0.25) is 0 Å². The minimum atomic E-state index is -0.545. The van der Waals surface area contributed by atoms with Crippen molar-refractivity contribution >= 4 is 21.6 Å². The molecule has 1 saturated heterocycles. The number of hydrogen-bond donors (Lipinski definition) is 2. The lowest BCUT2D eigenvalue weighted by atomic mass is 10.2. The van der Waals surface area contributed by atoms with Gasteiger partial charge in [-0.2, -0.15) is 0 Å². The predicted molar refractivity (Wildman–Crippen MR) is 84.9 cm³/mol. The van der Waals surface area contributed by atoms with Gasteiger partial charge in [0.25, 0.3) is 0 Å². The van der Waals surface area contributed by atoms with Gasteiger partial charge in [-0.3, -0.25) is 4.90 Å². The third kappa shape index (κ3) is 3.35. The van der Waals surface area contributed by atoms with Crippen LogP contribution in [0.3, 0.4) is 0 Å². The molecule has 114 valence electrons. The minimum Gasteiger partial charge on any atom is -0.472 e. The van der Waals surface area contributed by atoms with Crippen molar-refractivity contribution in [2.45, 2.75) is 26.2 Å². The summed E-state index contributed by atoms with van der Waals surface area (Å²) in [5.41, 5.74) is 0.958. The molecule has 0 bridgehead atoms. The fraction of sp³-hybridized carbons (Fsp3) is 0.533. The van der Waals surface area contributed by atoms with E-state index in [0.29, 0.717) is 0 Å². The van der Waals surface area contributed by atoms with Crippen molar-refractivity contribution < 1.29 is 9.84 Å². The van der Waals surface area contributed by atoms with Crippen LogP contribution < -0.4 is 10.1 Å². The van der Waals surface area contributed by atoms with Crippen molar-refractivity contribution in [3.05, 3.63) is 23.2 Å². The molecule has 0 aliphatic carbocycles. The first kappa shape index (κ1) is 14.7. The summed E-state index contributed by atoms with van der Waals surface area (Å²) >= 11 is 1.68. The summed E-state index contributed by atoms with van der Waals surface area (Å²) in [6.07, 6.45) is -0.861. The van der Waals surface area contributed by atoms with Crippen LogP contribution in [-0.4, -0.2) is 53.5 Å². The van der Waals surface area contributed by atoms with E-state index in [4.69, 9.17) is 4.74 Å².